The van der Waals surface area contributed by atoms with Crippen molar-refractivity contribution in [3.05, 3.63) is 29.8 Å². The van der Waals surface area contributed by atoms with E-state index in [-0.39, 0.29) is 5.69 Å². The third-order valence-corrected chi connectivity index (χ3v) is 1.39. The zero-order valence-corrected chi connectivity index (χ0v) is 6.48. The zero-order valence-electron chi connectivity index (χ0n) is 6.48. The van der Waals surface area contributed by atoms with Crippen molar-refractivity contribution in [2.24, 2.45) is 5.73 Å². The molecular weight excluding hydrogens is 162 g/mol. The predicted molar refractivity (Wildman–Crippen MR) is 43.9 cm³/mol. The minimum Gasteiger partial charge on any atom is -0.381 e. The number of nitrogens with two attached hydrogens (primary N) is 1. The highest BCUT2D eigenvalue weighted by Crippen LogP contribution is 2.13. The third kappa shape index (κ3) is 2.17. The number of hydrogen-bond donors (Lipinski definition) is 2. The molecule has 0 fully saturated rings. The SMILES string of the molecule is NCCNc1ccc(F)cc1F. The minimum absolute atomic E-state index is 0.279. The molecule has 12 heavy (non-hydrogen) atoms. The molecule has 3 N–H and O–H groups in total. The first-order chi connectivity index (χ1) is 5.74. The Labute approximate surface area is 69.4 Å². The van der Waals surface area contributed by atoms with E-state index in [2.05, 4.69) is 5.32 Å². The minimum atomic E-state index is -0.594. The summed E-state index contributed by atoms with van der Waals surface area (Å²) in [6.45, 7) is 0.888. The fraction of sp³-hybridized carbons (Fsp3) is 0.250. The van der Waals surface area contributed by atoms with Gasteiger partial charge in [0.05, 0.1) is 5.69 Å². The first-order valence-corrected chi connectivity index (χ1v) is 3.63. The predicted octanol–water partition coefficient (Wildman–Crippen LogP) is 1.34. The smallest absolute Gasteiger partial charge is 0.149 e. The summed E-state index contributed by atoms with van der Waals surface area (Å²) in [5.74, 6) is -1.17. The fourth-order valence-electron chi connectivity index (χ4n) is 0.840. The van der Waals surface area contributed by atoms with E-state index in [4.69, 9.17) is 5.73 Å². The molecule has 0 aliphatic carbocycles. The lowest BCUT2D eigenvalue weighted by molar-refractivity contribution is 0.585. The molecule has 2 nitrogen and oxygen atoms in total. The molecule has 0 amide bonds. The zero-order chi connectivity index (χ0) is 8.97. The highest BCUT2D eigenvalue weighted by atomic mass is 19.1. The van der Waals surface area contributed by atoms with E-state index in [0.717, 1.165) is 6.07 Å². The van der Waals surface area contributed by atoms with E-state index in [9.17, 15) is 8.78 Å². The lowest BCUT2D eigenvalue weighted by Gasteiger charge is -2.04. The van der Waals surface area contributed by atoms with Gasteiger partial charge in [-0.15, -0.1) is 0 Å². The van der Waals surface area contributed by atoms with Crippen LogP contribution in [0.1, 0.15) is 0 Å². The topological polar surface area (TPSA) is 38.0 Å². The second kappa shape index (κ2) is 4.01. The van der Waals surface area contributed by atoms with Crippen LogP contribution in [0.2, 0.25) is 0 Å². The van der Waals surface area contributed by atoms with Gasteiger partial charge >= 0.3 is 0 Å². The van der Waals surface area contributed by atoms with Crippen LogP contribution >= 0.6 is 0 Å². The van der Waals surface area contributed by atoms with Crippen molar-refractivity contribution in [3.8, 4) is 0 Å². The maximum atomic E-state index is 12.8. The average molecular weight is 172 g/mol. The third-order valence-electron chi connectivity index (χ3n) is 1.39. The Morgan fingerprint density at radius 2 is 2.08 bits per heavy atom. The molecule has 0 saturated heterocycles. The van der Waals surface area contributed by atoms with Crippen LogP contribution in [0, 0.1) is 11.6 Å². The number of benzene rings is 1. The number of hydrogen-bond acceptors (Lipinski definition) is 2. The van der Waals surface area contributed by atoms with Gasteiger partial charge in [-0.3, -0.25) is 0 Å². The summed E-state index contributed by atoms with van der Waals surface area (Å²) >= 11 is 0. The quantitative estimate of drug-likeness (QED) is 0.722. The van der Waals surface area contributed by atoms with Crippen molar-refractivity contribution in [1.29, 1.82) is 0 Å². The van der Waals surface area contributed by atoms with Crippen molar-refractivity contribution in [2.75, 3.05) is 18.4 Å². The Kier molecular flexibility index (Phi) is 2.99. The van der Waals surface area contributed by atoms with Gasteiger partial charge in [0.1, 0.15) is 11.6 Å². The van der Waals surface area contributed by atoms with Crippen LogP contribution < -0.4 is 11.1 Å². The molecule has 0 atom stereocenters. The van der Waals surface area contributed by atoms with Gasteiger partial charge in [0, 0.05) is 19.2 Å². The molecule has 1 aromatic rings. The van der Waals surface area contributed by atoms with Crippen LogP contribution in [0.5, 0.6) is 0 Å². The number of rotatable bonds is 3. The van der Waals surface area contributed by atoms with Crippen molar-refractivity contribution in [1.82, 2.24) is 0 Å². The highest BCUT2D eigenvalue weighted by Gasteiger charge is 2.01. The summed E-state index contributed by atoms with van der Waals surface area (Å²) in [7, 11) is 0. The Bertz CT molecular complexity index is 263. The van der Waals surface area contributed by atoms with Crippen LogP contribution in [0.4, 0.5) is 14.5 Å². The molecule has 0 aromatic heterocycles. The summed E-state index contributed by atoms with van der Waals surface area (Å²) in [5.41, 5.74) is 5.48. The van der Waals surface area contributed by atoms with E-state index < -0.39 is 11.6 Å². The van der Waals surface area contributed by atoms with Gasteiger partial charge in [-0.25, -0.2) is 8.78 Å². The monoisotopic (exact) mass is 172 g/mol. The average Bonchev–Trinajstić information content (AvgIpc) is 2.03. The Balaban J connectivity index is 2.72. The van der Waals surface area contributed by atoms with Gasteiger partial charge in [0.2, 0.25) is 0 Å². The molecule has 66 valence electrons. The normalized spacial score (nSPS) is 9.92. The summed E-state index contributed by atoms with van der Waals surface area (Å²) in [6, 6.07) is 3.38. The largest absolute Gasteiger partial charge is 0.381 e. The van der Waals surface area contributed by atoms with E-state index in [0.29, 0.717) is 13.1 Å². The van der Waals surface area contributed by atoms with Gasteiger partial charge in [0.15, 0.2) is 0 Å². The lowest BCUT2D eigenvalue weighted by Crippen LogP contribution is -2.13. The number of anilines is 1. The van der Waals surface area contributed by atoms with E-state index in [1.165, 1.54) is 12.1 Å². The molecule has 0 saturated carbocycles. The Morgan fingerprint density at radius 3 is 2.67 bits per heavy atom. The molecule has 0 aliphatic rings. The van der Waals surface area contributed by atoms with E-state index in [1.54, 1.807) is 0 Å². The Hall–Kier alpha value is -1.16. The molecule has 0 heterocycles. The van der Waals surface area contributed by atoms with Crippen LogP contribution in [-0.2, 0) is 0 Å². The number of halogens is 2. The molecule has 1 rings (SSSR count). The van der Waals surface area contributed by atoms with Crippen molar-refractivity contribution < 1.29 is 8.78 Å². The van der Waals surface area contributed by atoms with Gasteiger partial charge in [-0.2, -0.15) is 0 Å². The van der Waals surface area contributed by atoms with Gasteiger partial charge in [0.25, 0.3) is 0 Å². The van der Waals surface area contributed by atoms with Gasteiger partial charge in [-0.1, -0.05) is 0 Å². The first kappa shape index (κ1) is 8.93. The van der Waals surface area contributed by atoms with Crippen LogP contribution in [0.15, 0.2) is 18.2 Å². The van der Waals surface area contributed by atoms with Crippen molar-refractivity contribution >= 4 is 5.69 Å². The van der Waals surface area contributed by atoms with Gasteiger partial charge < -0.3 is 11.1 Å². The second-order valence-electron chi connectivity index (χ2n) is 2.34. The van der Waals surface area contributed by atoms with E-state index in [1.807, 2.05) is 0 Å². The maximum Gasteiger partial charge on any atom is 0.149 e. The molecule has 0 spiro atoms. The molecule has 4 heteroatoms. The summed E-state index contributed by atoms with van der Waals surface area (Å²) in [6.07, 6.45) is 0. The van der Waals surface area contributed by atoms with E-state index >= 15 is 0 Å². The summed E-state index contributed by atoms with van der Waals surface area (Å²) in [4.78, 5) is 0. The van der Waals surface area contributed by atoms with Crippen LogP contribution in [0.25, 0.3) is 0 Å². The second-order valence-corrected chi connectivity index (χ2v) is 2.34. The highest BCUT2D eigenvalue weighted by molar-refractivity contribution is 5.44. The fourth-order valence-corrected chi connectivity index (χ4v) is 0.840. The van der Waals surface area contributed by atoms with Crippen molar-refractivity contribution in [2.45, 2.75) is 0 Å². The molecule has 0 bridgehead atoms. The summed E-state index contributed by atoms with van der Waals surface area (Å²) in [5, 5.41) is 2.72. The molecule has 0 radical (unpaired) electrons. The van der Waals surface area contributed by atoms with Crippen molar-refractivity contribution in [3.63, 3.8) is 0 Å². The number of nitrogens with one attached hydrogen (secondary N) is 1. The first-order valence-electron chi connectivity index (χ1n) is 3.63. The van der Waals surface area contributed by atoms with Gasteiger partial charge in [-0.05, 0) is 12.1 Å². The molecule has 0 unspecified atom stereocenters. The summed E-state index contributed by atoms with van der Waals surface area (Å²) < 4.78 is 25.2. The van der Waals surface area contributed by atoms with Crippen LogP contribution in [-0.4, -0.2) is 13.1 Å². The lowest BCUT2D eigenvalue weighted by atomic mass is 10.3. The standard InChI is InChI=1S/C8H10F2N2/c9-6-1-2-8(7(10)5-6)12-4-3-11/h1-2,5,12H,3-4,11H2. The maximum absolute atomic E-state index is 12.8. The molecule has 1 aromatic carbocycles. The molecular formula is C8H10F2N2. The van der Waals surface area contributed by atoms with Crippen LogP contribution in [0.3, 0.4) is 0 Å². The Morgan fingerprint density at radius 1 is 1.33 bits per heavy atom. The molecule has 0 aliphatic heterocycles.